The van der Waals surface area contributed by atoms with Crippen LogP contribution in [0.15, 0.2) is 42.7 Å². The van der Waals surface area contributed by atoms with Gasteiger partial charge >= 0.3 is 0 Å². The van der Waals surface area contributed by atoms with E-state index in [9.17, 15) is 0 Å². The fourth-order valence-corrected chi connectivity index (χ4v) is 2.13. The van der Waals surface area contributed by atoms with Gasteiger partial charge in [0.05, 0.1) is 23.6 Å². The van der Waals surface area contributed by atoms with Crippen molar-refractivity contribution in [2.45, 2.75) is 20.4 Å². The number of aryl methyl sites for hydroxylation is 2. The Kier molecular flexibility index (Phi) is 2.91. The van der Waals surface area contributed by atoms with E-state index in [4.69, 9.17) is 0 Å². The Morgan fingerprint density at radius 2 is 2.00 bits per heavy atom. The van der Waals surface area contributed by atoms with Crippen molar-refractivity contribution in [2.75, 3.05) is 5.32 Å². The van der Waals surface area contributed by atoms with Crippen LogP contribution in [0, 0.1) is 13.8 Å². The van der Waals surface area contributed by atoms with Gasteiger partial charge in [0.25, 0.3) is 0 Å². The molecule has 0 aliphatic heterocycles. The topological polar surface area (TPSA) is 42.2 Å². The van der Waals surface area contributed by atoms with Gasteiger partial charge in [-0.15, -0.1) is 0 Å². The van der Waals surface area contributed by atoms with Crippen molar-refractivity contribution in [3.63, 3.8) is 0 Å². The molecule has 3 rings (SSSR count). The largest absolute Gasteiger partial charge is 0.378 e. The first kappa shape index (κ1) is 11.7. The zero-order valence-electron chi connectivity index (χ0n) is 11.1. The van der Waals surface area contributed by atoms with E-state index in [1.807, 2.05) is 54.9 Å². The maximum atomic E-state index is 4.56. The highest BCUT2D eigenvalue weighted by atomic mass is 15.0. The standard InChI is InChI=1S/C15H16N4/c1-11-6-7-14(12(2)17-11)16-9-13-10-19-8-4-3-5-15(19)18-13/h3-8,10,16H,9H2,1-2H3. The minimum atomic E-state index is 0.702. The average Bonchev–Trinajstić information content (AvgIpc) is 2.80. The monoisotopic (exact) mass is 252 g/mol. The molecular formula is C15H16N4. The van der Waals surface area contributed by atoms with Gasteiger partial charge in [-0.2, -0.15) is 0 Å². The summed E-state index contributed by atoms with van der Waals surface area (Å²) in [5.74, 6) is 0. The minimum Gasteiger partial charge on any atom is -0.378 e. The Balaban J connectivity index is 1.78. The number of hydrogen-bond donors (Lipinski definition) is 1. The highest BCUT2D eigenvalue weighted by molar-refractivity contribution is 5.48. The Morgan fingerprint density at radius 1 is 1.11 bits per heavy atom. The second-order valence-corrected chi connectivity index (χ2v) is 4.64. The van der Waals surface area contributed by atoms with Crippen molar-refractivity contribution < 1.29 is 0 Å². The lowest BCUT2D eigenvalue weighted by atomic mass is 10.2. The molecule has 0 spiro atoms. The number of anilines is 1. The Hall–Kier alpha value is -2.36. The first-order chi connectivity index (χ1) is 9.22. The minimum absolute atomic E-state index is 0.702. The predicted molar refractivity (Wildman–Crippen MR) is 76.2 cm³/mol. The van der Waals surface area contributed by atoms with E-state index in [1.54, 1.807) is 0 Å². The highest BCUT2D eigenvalue weighted by Crippen LogP contribution is 2.14. The summed E-state index contributed by atoms with van der Waals surface area (Å²) >= 11 is 0. The predicted octanol–water partition coefficient (Wildman–Crippen LogP) is 2.96. The fraction of sp³-hybridized carbons (Fsp3) is 0.200. The molecule has 19 heavy (non-hydrogen) atoms. The molecule has 0 unspecified atom stereocenters. The van der Waals surface area contributed by atoms with Crippen LogP contribution in [-0.4, -0.2) is 14.4 Å². The molecule has 0 aliphatic rings. The summed E-state index contributed by atoms with van der Waals surface area (Å²) in [6.07, 6.45) is 4.05. The molecule has 0 radical (unpaired) electrons. The van der Waals surface area contributed by atoms with Crippen LogP contribution in [0.4, 0.5) is 5.69 Å². The van der Waals surface area contributed by atoms with Crippen LogP contribution in [0.25, 0.3) is 5.65 Å². The third-order valence-corrected chi connectivity index (χ3v) is 3.10. The number of nitrogens with one attached hydrogen (secondary N) is 1. The smallest absolute Gasteiger partial charge is 0.137 e. The van der Waals surface area contributed by atoms with Gasteiger partial charge < -0.3 is 9.72 Å². The number of aromatic nitrogens is 3. The molecule has 4 nitrogen and oxygen atoms in total. The van der Waals surface area contributed by atoms with Gasteiger partial charge in [-0.1, -0.05) is 6.07 Å². The maximum absolute atomic E-state index is 4.56. The van der Waals surface area contributed by atoms with Crippen LogP contribution in [-0.2, 0) is 6.54 Å². The summed E-state index contributed by atoms with van der Waals surface area (Å²) in [4.78, 5) is 9.00. The van der Waals surface area contributed by atoms with Crippen molar-refractivity contribution in [1.82, 2.24) is 14.4 Å². The number of imidazole rings is 1. The number of nitrogens with zero attached hydrogens (tertiary/aromatic N) is 3. The van der Waals surface area contributed by atoms with Crippen LogP contribution in [0.2, 0.25) is 0 Å². The lowest BCUT2D eigenvalue weighted by Crippen LogP contribution is -2.02. The van der Waals surface area contributed by atoms with Crippen molar-refractivity contribution >= 4 is 11.3 Å². The summed E-state index contributed by atoms with van der Waals surface area (Å²) < 4.78 is 2.03. The molecule has 0 amide bonds. The number of rotatable bonds is 3. The number of fused-ring (bicyclic) bond motifs is 1. The average molecular weight is 252 g/mol. The van der Waals surface area contributed by atoms with Gasteiger partial charge in [0.2, 0.25) is 0 Å². The van der Waals surface area contributed by atoms with Gasteiger partial charge in [-0.3, -0.25) is 4.98 Å². The molecule has 0 aliphatic carbocycles. The molecule has 4 heteroatoms. The van der Waals surface area contributed by atoms with Crippen LogP contribution in [0.3, 0.4) is 0 Å². The molecule has 3 aromatic heterocycles. The molecule has 3 heterocycles. The van der Waals surface area contributed by atoms with Crippen LogP contribution < -0.4 is 5.32 Å². The molecule has 0 aromatic carbocycles. The maximum Gasteiger partial charge on any atom is 0.137 e. The van der Waals surface area contributed by atoms with Gasteiger partial charge in [0.15, 0.2) is 0 Å². The van der Waals surface area contributed by atoms with Gasteiger partial charge in [-0.05, 0) is 38.1 Å². The zero-order valence-corrected chi connectivity index (χ0v) is 11.1. The van der Waals surface area contributed by atoms with E-state index in [2.05, 4.69) is 21.4 Å². The Labute approximate surface area is 112 Å². The van der Waals surface area contributed by atoms with Crippen molar-refractivity contribution in [1.29, 1.82) is 0 Å². The van der Waals surface area contributed by atoms with Gasteiger partial charge in [-0.25, -0.2) is 4.98 Å². The van der Waals surface area contributed by atoms with Crippen molar-refractivity contribution in [3.8, 4) is 0 Å². The molecule has 3 aromatic rings. The first-order valence-electron chi connectivity index (χ1n) is 6.33. The van der Waals surface area contributed by atoms with E-state index < -0.39 is 0 Å². The van der Waals surface area contributed by atoms with Crippen LogP contribution in [0.5, 0.6) is 0 Å². The highest BCUT2D eigenvalue weighted by Gasteiger charge is 2.03. The summed E-state index contributed by atoms with van der Waals surface area (Å²) in [5, 5.41) is 3.38. The summed E-state index contributed by atoms with van der Waals surface area (Å²) in [6, 6.07) is 10.1. The third kappa shape index (κ3) is 2.42. The fourth-order valence-electron chi connectivity index (χ4n) is 2.13. The van der Waals surface area contributed by atoms with E-state index in [-0.39, 0.29) is 0 Å². The first-order valence-corrected chi connectivity index (χ1v) is 6.33. The SMILES string of the molecule is Cc1ccc(NCc2cn3ccccc3n2)c(C)n1. The molecule has 1 N–H and O–H groups in total. The molecular weight excluding hydrogens is 236 g/mol. The van der Waals surface area contributed by atoms with Crippen molar-refractivity contribution in [2.24, 2.45) is 0 Å². The molecule has 0 saturated carbocycles. The summed E-state index contributed by atoms with van der Waals surface area (Å²) in [7, 11) is 0. The second-order valence-electron chi connectivity index (χ2n) is 4.64. The summed E-state index contributed by atoms with van der Waals surface area (Å²) in [5.41, 5.74) is 5.10. The normalized spacial score (nSPS) is 10.8. The van der Waals surface area contributed by atoms with E-state index >= 15 is 0 Å². The number of hydrogen-bond acceptors (Lipinski definition) is 3. The molecule has 0 fully saturated rings. The van der Waals surface area contributed by atoms with E-state index in [0.29, 0.717) is 6.54 Å². The third-order valence-electron chi connectivity index (χ3n) is 3.10. The zero-order chi connectivity index (χ0) is 13.2. The van der Waals surface area contributed by atoms with E-state index in [0.717, 1.165) is 28.4 Å². The molecule has 0 atom stereocenters. The van der Waals surface area contributed by atoms with Crippen LogP contribution >= 0.6 is 0 Å². The Bertz CT molecular complexity index is 682. The lowest BCUT2D eigenvalue weighted by Gasteiger charge is -2.07. The van der Waals surface area contributed by atoms with Crippen molar-refractivity contribution in [3.05, 3.63) is 59.8 Å². The summed E-state index contributed by atoms with van der Waals surface area (Å²) in [6.45, 7) is 4.71. The molecule has 0 bridgehead atoms. The lowest BCUT2D eigenvalue weighted by molar-refractivity contribution is 1.05. The Morgan fingerprint density at radius 3 is 2.79 bits per heavy atom. The molecule has 0 saturated heterocycles. The van der Waals surface area contributed by atoms with Gasteiger partial charge in [0, 0.05) is 18.1 Å². The number of pyridine rings is 2. The quantitative estimate of drug-likeness (QED) is 0.779. The van der Waals surface area contributed by atoms with Gasteiger partial charge in [0.1, 0.15) is 5.65 Å². The molecule has 96 valence electrons. The van der Waals surface area contributed by atoms with Crippen LogP contribution in [0.1, 0.15) is 17.1 Å². The second kappa shape index (κ2) is 4.72. The van der Waals surface area contributed by atoms with E-state index in [1.165, 1.54) is 0 Å².